The Morgan fingerprint density at radius 3 is 2.31 bits per heavy atom. The minimum Gasteiger partial charge on any atom is -0.338 e. The Balaban J connectivity index is 1.56. The maximum atomic E-state index is 13.4. The summed E-state index contributed by atoms with van der Waals surface area (Å²) in [6.07, 6.45) is -4.61. The van der Waals surface area contributed by atoms with E-state index in [9.17, 15) is 27.2 Å². The summed E-state index contributed by atoms with van der Waals surface area (Å²) in [7, 11) is 0. The number of carbonyl (C=O) groups excluding carboxylic acids is 2. The molecule has 0 spiro atoms. The van der Waals surface area contributed by atoms with E-state index in [1.807, 2.05) is 11.8 Å². The highest BCUT2D eigenvalue weighted by atomic mass is 19.4. The van der Waals surface area contributed by atoms with Gasteiger partial charge < -0.3 is 9.80 Å². The van der Waals surface area contributed by atoms with Crippen LogP contribution < -0.4 is 0 Å². The molecule has 5 nitrogen and oxygen atoms in total. The van der Waals surface area contributed by atoms with Crippen LogP contribution in [0.3, 0.4) is 0 Å². The lowest BCUT2D eigenvalue weighted by Gasteiger charge is -2.35. The number of likely N-dealkylation sites (N-methyl/N-ethyl adjacent to an activating group) is 1. The van der Waals surface area contributed by atoms with Crippen LogP contribution in [0.2, 0.25) is 0 Å². The van der Waals surface area contributed by atoms with Gasteiger partial charge in [-0.1, -0.05) is 24.3 Å². The highest BCUT2D eigenvalue weighted by Crippen LogP contribution is 2.32. The zero-order chi connectivity index (χ0) is 23.3. The van der Waals surface area contributed by atoms with E-state index < -0.39 is 17.6 Å². The number of hydrogen-bond acceptors (Lipinski definition) is 3. The van der Waals surface area contributed by atoms with Crippen molar-refractivity contribution in [3.05, 3.63) is 71.0 Å². The predicted octanol–water partition coefficient (Wildman–Crippen LogP) is 3.65. The summed E-state index contributed by atoms with van der Waals surface area (Å²) < 4.78 is 53.1. The molecule has 0 unspecified atom stereocenters. The maximum absolute atomic E-state index is 13.4. The molecule has 0 bridgehead atoms. The summed E-state index contributed by atoms with van der Waals surface area (Å²) >= 11 is 0. The average Bonchev–Trinajstić information content (AvgIpc) is 2.77. The second-order valence-corrected chi connectivity index (χ2v) is 7.65. The van der Waals surface area contributed by atoms with Crippen LogP contribution in [0, 0.1) is 5.82 Å². The molecule has 0 saturated carbocycles. The minimum atomic E-state index is -4.61. The van der Waals surface area contributed by atoms with Gasteiger partial charge in [-0.15, -0.1) is 0 Å². The van der Waals surface area contributed by atoms with Crippen LogP contribution >= 0.6 is 0 Å². The fourth-order valence-electron chi connectivity index (χ4n) is 3.72. The van der Waals surface area contributed by atoms with Crippen LogP contribution in [-0.2, 0) is 17.5 Å². The summed E-state index contributed by atoms with van der Waals surface area (Å²) in [5, 5.41) is 0. The SMILES string of the molecule is CCN(Cc1cccc(F)c1)C(=O)CN1CCN(C(=O)c2ccccc2C(F)(F)F)CC1. The van der Waals surface area contributed by atoms with E-state index in [-0.39, 0.29) is 36.9 Å². The van der Waals surface area contributed by atoms with Crippen LogP contribution in [0.25, 0.3) is 0 Å². The molecule has 2 amide bonds. The quantitative estimate of drug-likeness (QED) is 0.630. The van der Waals surface area contributed by atoms with Gasteiger partial charge in [-0.25, -0.2) is 4.39 Å². The highest BCUT2D eigenvalue weighted by Gasteiger charge is 2.36. The van der Waals surface area contributed by atoms with Crippen LogP contribution in [0.5, 0.6) is 0 Å². The Morgan fingerprint density at radius 2 is 1.69 bits per heavy atom. The Labute approximate surface area is 184 Å². The molecule has 0 N–H and O–H groups in total. The van der Waals surface area contributed by atoms with E-state index in [0.29, 0.717) is 31.7 Å². The van der Waals surface area contributed by atoms with Gasteiger partial charge >= 0.3 is 6.18 Å². The lowest BCUT2D eigenvalue weighted by molar-refractivity contribution is -0.138. The summed E-state index contributed by atoms with van der Waals surface area (Å²) in [6.45, 7) is 3.94. The van der Waals surface area contributed by atoms with Gasteiger partial charge in [-0.2, -0.15) is 13.2 Å². The second kappa shape index (κ2) is 10.1. The fourth-order valence-corrected chi connectivity index (χ4v) is 3.72. The van der Waals surface area contributed by atoms with Gasteiger partial charge in [-0.05, 0) is 36.8 Å². The van der Waals surface area contributed by atoms with Gasteiger partial charge in [0, 0.05) is 39.3 Å². The van der Waals surface area contributed by atoms with E-state index in [1.54, 1.807) is 17.0 Å². The normalized spacial score (nSPS) is 15.0. The molecule has 9 heteroatoms. The number of benzene rings is 2. The topological polar surface area (TPSA) is 43.9 Å². The number of rotatable bonds is 6. The first-order valence-electron chi connectivity index (χ1n) is 10.4. The van der Waals surface area contributed by atoms with Crippen molar-refractivity contribution in [2.24, 2.45) is 0 Å². The average molecular weight is 451 g/mol. The van der Waals surface area contributed by atoms with Gasteiger partial charge in [0.15, 0.2) is 0 Å². The number of piperazine rings is 1. The van der Waals surface area contributed by atoms with Crippen molar-refractivity contribution < 1.29 is 27.2 Å². The molecular weight excluding hydrogens is 426 g/mol. The largest absolute Gasteiger partial charge is 0.417 e. The van der Waals surface area contributed by atoms with E-state index in [0.717, 1.165) is 6.07 Å². The van der Waals surface area contributed by atoms with Crippen molar-refractivity contribution in [3.8, 4) is 0 Å². The first kappa shape index (κ1) is 23.7. The summed E-state index contributed by atoms with van der Waals surface area (Å²) in [5.41, 5.74) is -0.616. The molecule has 172 valence electrons. The van der Waals surface area contributed by atoms with E-state index in [4.69, 9.17) is 0 Å². The molecule has 1 fully saturated rings. The number of nitrogens with zero attached hydrogens (tertiary/aromatic N) is 3. The third-order valence-electron chi connectivity index (χ3n) is 5.48. The molecule has 1 aliphatic heterocycles. The lowest BCUT2D eigenvalue weighted by Crippen LogP contribution is -2.51. The maximum Gasteiger partial charge on any atom is 0.417 e. The Kier molecular flexibility index (Phi) is 7.50. The van der Waals surface area contributed by atoms with Crippen molar-refractivity contribution in [1.29, 1.82) is 0 Å². The summed E-state index contributed by atoms with van der Waals surface area (Å²) in [5.74, 6) is -1.15. The zero-order valence-electron chi connectivity index (χ0n) is 17.7. The van der Waals surface area contributed by atoms with Crippen molar-refractivity contribution in [3.63, 3.8) is 0 Å². The fraction of sp³-hybridized carbons (Fsp3) is 0.391. The molecule has 1 aliphatic rings. The number of amides is 2. The summed E-state index contributed by atoms with van der Waals surface area (Å²) in [6, 6.07) is 10.8. The van der Waals surface area contributed by atoms with Gasteiger partial charge in [0.2, 0.25) is 5.91 Å². The molecule has 1 heterocycles. The van der Waals surface area contributed by atoms with Gasteiger partial charge in [0.1, 0.15) is 5.82 Å². The van der Waals surface area contributed by atoms with Crippen LogP contribution in [-0.4, -0.2) is 65.8 Å². The molecule has 2 aromatic carbocycles. The molecule has 0 atom stereocenters. The molecule has 3 rings (SSSR count). The first-order chi connectivity index (χ1) is 15.2. The van der Waals surface area contributed by atoms with Crippen molar-refractivity contribution >= 4 is 11.8 Å². The van der Waals surface area contributed by atoms with E-state index in [1.165, 1.54) is 35.2 Å². The first-order valence-corrected chi connectivity index (χ1v) is 10.4. The van der Waals surface area contributed by atoms with E-state index >= 15 is 0 Å². The van der Waals surface area contributed by atoms with Crippen LogP contribution in [0.1, 0.15) is 28.4 Å². The minimum absolute atomic E-state index is 0.126. The lowest BCUT2D eigenvalue weighted by atomic mass is 10.1. The van der Waals surface area contributed by atoms with Gasteiger partial charge in [-0.3, -0.25) is 14.5 Å². The Bertz CT molecular complexity index is 956. The molecule has 32 heavy (non-hydrogen) atoms. The standard InChI is InChI=1S/C23H25F4N3O2/c1-2-29(15-17-6-5-7-18(24)14-17)21(31)16-28-10-12-30(13-11-28)22(32)19-8-3-4-9-20(19)23(25,26)27/h3-9,14H,2,10-13,15-16H2,1H3. The number of halogens is 4. The Hall–Kier alpha value is -2.94. The third kappa shape index (κ3) is 5.85. The van der Waals surface area contributed by atoms with Gasteiger partial charge in [0.25, 0.3) is 5.91 Å². The molecule has 1 saturated heterocycles. The van der Waals surface area contributed by atoms with Crippen LogP contribution in [0.4, 0.5) is 17.6 Å². The number of hydrogen-bond donors (Lipinski definition) is 0. The smallest absolute Gasteiger partial charge is 0.338 e. The highest BCUT2D eigenvalue weighted by molar-refractivity contribution is 5.96. The molecule has 0 aromatic heterocycles. The predicted molar refractivity (Wildman–Crippen MR) is 111 cm³/mol. The number of alkyl halides is 3. The van der Waals surface area contributed by atoms with Crippen molar-refractivity contribution in [1.82, 2.24) is 14.7 Å². The summed E-state index contributed by atoms with van der Waals surface area (Å²) in [4.78, 5) is 30.3. The molecule has 2 aromatic rings. The Morgan fingerprint density at radius 1 is 1.00 bits per heavy atom. The monoisotopic (exact) mass is 451 g/mol. The van der Waals surface area contributed by atoms with Crippen molar-refractivity contribution in [2.75, 3.05) is 39.3 Å². The zero-order valence-corrected chi connectivity index (χ0v) is 17.7. The number of carbonyl (C=O) groups is 2. The molecule has 0 aliphatic carbocycles. The van der Waals surface area contributed by atoms with E-state index in [2.05, 4.69) is 0 Å². The molecule has 0 radical (unpaired) electrons. The third-order valence-corrected chi connectivity index (χ3v) is 5.48. The van der Waals surface area contributed by atoms with Crippen LogP contribution in [0.15, 0.2) is 48.5 Å². The van der Waals surface area contributed by atoms with Crippen molar-refractivity contribution in [2.45, 2.75) is 19.6 Å². The molecular formula is C23H25F4N3O2. The van der Waals surface area contributed by atoms with Gasteiger partial charge in [0.05, 0.1) is 17.7 Å². The second-order valence-electron chi connectivity index (χ2n) is 7.65.